The first-order valence-electron chi connectivity index (χ1n) is 5.27. The molecule has 0 saturated carbocycles. The number of thiol groups is 4. The standard InChI is InChI=1S/C11H15NO2S4/c12-5-4-7(16)10(17)11(18)9(5)6(15)2-1-3-8(13)14/h4,6,15-18H,1-3,12H2,(H,13,14). The van der Waals surface area contributed by atoms with Crippen molar-refractivity contribution in [3.05, 3.63) is 11.6 Å². The van der Waals surface area contributed by atoms with Crippen LogP contribution in [0.4, 0.5) is 5.69 Å². The van der Waals surface area contributed by atoms with Gasteiger partial charge in [-0.3, -0.25) is 4.79 Å². The SMILES string of the molecule is Nc1cc(S)c(S)c(S)c1C(S)CCCC(=O)O. The van der Waals surface area contributed by atoms with E-state index in [4.69, 9.17) is 10.8 Å². The van der Waals surface area contributed by atoms with Gasteiger partial charge in [-0.1, -0.05) is 0 Å². The number of carbonyl (C=O) groups is 1. The lowest BCUT2D eigenvalue weighted by molar-refractivity contribution is -0.137. The van der Waals surface area contributed by atoms with Gasteiger partial charge in [-0.25, -0.2) is 0 Å². The minimum atomic E-state index is -0.810. The lowest BCUT2D eigenvalue weighted by Gasteiger charge is -2.18. The van der Waals surface area contributed by atoms with Gasteiger partial charge < -0.3 is 10.8 Å². The zero-order valence-corrected chi connectivity index (χ0v) is 13.1. The first-order chi connectivity index (χ1) is 8.34. The molecule has 0 spiro atoms. The van der Waals surface area contributed by atoms with Crippen molar-refractivity contribution in [1.29, 1.82) is 0 Å². The van der Waals surface area contributed by atoms with Gasteiger partial charge in [0.25, 0.3) is 0 Å². The molecule has 0 aliphatic rings. The highest BCUT2D eigenvalue weighted by Crippen LogP contribution is 2.40. The van der Waals surface area contributed by atoms with Crippen LogP contribution in [0.25, 0.3) is 0 Å². The molecule has 3 nitrogen and oxygen atoms in total. The zero-order valence-electron chi connectivity index (χ0n) is 9.50. The molecule has 0 aromatic heterocycles. The van der Waals surface area contributed by atoms with Crippen molar-refractivity contribution >= 4 is 62.2 Å². The Morgan fingerprint density at radius 2 is 1.94 bits per heavy atom. The van der Waals surface area contributed by atoms with E-state index in [0.29, 0.717) is 33.2 Å². The predicted molar refractivity (Wildman–Crippen MR) is 85.8 cm³/mol. The van der Waals surface area contributed by atoms with Gasteiger partial charge in [-0.05, 0) is 18.9 Å². The maximum atomic E-state index is 10.5. The summed E-state index contributed by atoms with van der Waals surface area (Å²) in [6.45, 7) is 0. The summed E-state index contributed by atoms with van der Waals surface area (Å²) < 4.78 is 0. The Balaban J connectivity index is 2.89. The second-order valence-electron chi connectivity index (χ2n) is 3.90. The van der Waals surface area contributed by atoms with E-state index in [1.54, 1.807) is 6.07 Å². The van der Waals surface area contributed by atoms with Crippen LogP contribution in [0, 0.1) is 0 Å². The second-order valence-corrected chi connectivity index (χ2v) is 5.90. The number of aliphatic carboxylic acids is 1. The van der Waals surface area contributed by atoms with Crippen molar-refractivity contribution < 1.29 is 9.90 Å². The van der Waals surface area contributed by atoms with Crippen molar-refractivity contribution in [2.24, 2.45) is 0 Å². The maximum Gasteiger partial charge on any atom is 0.303 e. The Labute approximate surface area is 128 Å². The van der Waals surface area contributed by atoms with E-state index in [0.717, 1.165) is 5.56 Å². The summed E-state index contributed by atoms with van der Waals surface area (Å²) in [5.41, 5.74) is 7.27. The van der Waals surface area contributed by atoms with Gasteiger partial charge >= 0.3 is 5.97 Å². The van der Waals surface area contributed by atoms with Crippen molar-refractivity contribution in [1.82, 2.24) is 0 Å². The molecule has 7 heteroatoms. The van der Waals surface area contributed by atoms with Crippen LogP contribution in [0.3, 0.4) is 0 Å². The van der Waals surface area contributed by atoms with E-state index in [2.05, 4.69) is 50.5 Å². The fourth-order valence-corrected chi connectivity index (χ4v) is 3.11. The molecule has 0 aliphatic heterocycles. The van der Waals surface area contributed by atoms with Crippen molar-refractivity contribution in [3.8, 4) is 0 Å². The topological polar surface area (TPSA) is 63.3 Å². The summed E-state index contributed by atoms with van der Waals surface area (Å²) in [7, 11) is 0. The van der Waals surface area contributed by atoms with E-state index in [-0.39, 0.29) is 11.7 Å². The minimum absolute atomic E-state index is 0.122. The average molecular weight is 322 g/mol. The summed E-state index contributed by atoms with van der Waals surface area (Å²) in [4.78, 5) is 12.4. The number of carboxylic acids is 1. The smallest absolute Gasteiger partial charge is 0.303 e. The molecule has 0 radical (unpaired) electrons. The molecule has 3 N–H and O–H groups in total. The van der Waals surface area contributed by atoms with E-state index in [9.17, 15) is 4.79 Å². The number of benzene rings is 1. The van der Waals surface area contributed by atoms with Gasteiger partial charge in [0.05, 0.1) is 0 Å². The molecule has 0 amide bonds. The third-order valence-electron chi connectivity index (χ3n) is 2.53. The quantitative estimate of drug-likeness (QED) is 0.372. The number of hydrogen-bond acceptors (Lipinski definition) is 6. The molecule has 1 aromatic carbocycles. The Kier molecular flexibility index (Phi) is 6.10. The zero-order chi connectivity index (χ0) is 13.9. The number of hydrogen-bond donors (Lipinski definition) is 6. The lowest BCUT2D eigenvalue weighted by atomic mass is 10.0. The highest BCUT2D eigenvalue weighted by molar-refractivity contribution is 7.85. The number of anilines is 1. The van der Waals surface area contributed by atoms with E-state index < -0.39 is 5.97 Å². The molecule has 100 valence electrons. The van der Waals surface area contributed by atoms with Crippen LogP contribution < -0.4 is 5.73 Å². The molecule has 0 bridgehead atoms. The maximum absolute atomic E-state index is 10.5. The van der Waals surface area contributed by atoms with Crippen LogP contribution in [0.5, 0.6) is 0 Å². The monoisotopic (exact) mass is 321 g/mol. The molecule has 0 heterocycles. The molecular weight excluding hydrogens is 306 g/mol. The van der Waals surface area contributed by atoms with E-state index in [1.807, 2.05) is 0 Å². The Morgan fingerprint density at radius 3 is 2.50 bits per heavy atom. The van der Waals surface area contributed by atoms with Crippen LogP contribution in [0.15, 0.2) is 20.8 Å². The molecule has 1 atom stereocenters. The fourth-order valence-electron chi connectivity index (χ4n) is 1.62. The van der Waals surface area contributed by atoms with Gasteiger partial charge in [-0.2, -0.15) is 12.6 Å². The van der Waals surface area contributed by atoms with Crippen molar-refractivity contribution in [2.45, 2.75) is 39.2 Å². The fraction of sp³-hybridized carbons (Fsp3) is 0.364. The predicted octanol–water partition coefficient (Wildman–Crippen LogP) is 3.36. The third kappa shape index (κ3) is 3.94. The largest absolute Gasteiger partial charge is 0.481 e. The molecule has 0 fully saturated rings. The van der Waals surface area contributed by atoms with Gasteiger partial charge in [0.1, 0.15) is 0 Å². The summed E-state index contributed by atoms with van der Waals surface area (Å²) >= 11 is 17.4. The lowest BCUT2D eigenvalue weighted by Crippen LogP contribution is -2.02. The Morgan fingerprint density at radius 1 is 1.33 bits per heavy atom. The van der Waals surface area contributed by atoms with Gasteiger partial charge in [0.15, 0.2) is 0 Å². The summed E-state index contributed by atoms with van der Waals surface area (Å²) in [5, 5.41) is 8.44. The van der Waals surface area contributed by atoms with Crippen LogP contribution in [0.1, 0.15) is 30.1 Å². The van der Waals surface area contributed by atoms with E-state index in [1.165, 1.54) is 0 Å². The van der Waals surface area contributed by atoms with Crippen LogP contribution >= 0.6 is 50.5 Å². The van der Waals surface area contributed by atoms with Crippen molar-refractivity contribution in [3.63, 3.8) is 0 Å². The first kappa shape index (κ1) is 15.9. The number of nitrogen functional groups attached to an aromatic ring is 1. The Bertz CT molecular complexity index is 465. The normalized spacial score (nSPS) is 12.4. The third-order valence-corrected chi connectivity index (χ3v) is 4.68. The summed E-state index contributed by atoms with van der Waals surface area (Å²) in [6.07, 6.45) is 1.28. The number of rotatable bonds is 5. The highest BCUT2D eigenvalue weighted by atomic mass is 32.1. The molecule has 18 heavy (non-hydrogen) atoms. The minimum Gasteiger partial charge on any atom is -0.481 e. The molecule has 0 saturated heterocycles. The second kappa shape index (κ2) is 6.88. The molecule has 1 aromatic rings. The molecule has 0 aliphatic carbocycles. The summed E-state index contributed by atoms with van der Waals surface area (Å²) in [6, 6.07) is 1.71. The van der Waals surface area contributed by atoms with Gasteiger partial charge in [0.2, 0.25) is 0 Å². The van der Waals surface area contributed by atoms with Crippen molar-refractivity contribution in [2.75, 3.05) is 5.73 Å². The molecule has 1 rings (SSSR count). The van der Waals surface area contributed by atoms with Gasteiger partial charge in [-0.15, -0.1) is 37.9 Å². The van der Waals surface area contributed by atoms with Gasteiger partial charge in [0, 0.05) is 37.6 Å². The van der Waals surface area contributed by atoms with E-state index >= 15 is 0 Å². The average Bonchev–Trinajstić information content (AvgIpc) is 2.25. The number of carboxylic acid groups (broad SMARTS) is 1. The summed E-state index contributed by atoms with van der Waals surface area (Å²) in [5.74, 6) is -0.810. The van der Waals surface area contributed by atoms with Crippen LogP contribution in [-0.2, 0) is 4.79 Å². The number of nitrogens with two attached hydrogens (primary N) is 1. The molecule has 1 unspecified atom stereocenters. The highest BCUT2D eigenvalue weighted by Gasteiger charge is 2.17. The van der Waals surface area contributed by atoms with Crippen LogP contribution in [-0.4, -0.2) is 11.1 Å². The first-order valence-corrected chi connectivity index (χ1v) is 7.13. The molecular formula is C11H15NO2S4. The Hall–Kier alpha value is -0.110. The van der Waals surface area contributed by atoms with Crippen LogP contribution in [0.2, 0.25) is 0 Å².